The van der Waals surface area contributed by atoms with Gasteiger partial charge in [0, 0.05) is 5.25 Å². The molecule has 2 heteroatoms. The average Bonchev–Trinajstić information content (AvgIpc) is 2.06. The summed E-state index contributed by atoms with van der Waals surface area (Å²) in [7, 11) is 0. The third-order valence-corrected chi connectivity index (χ3v) is 3.44. The Kier molecular flexibility index (Phi) is 2.23. The monoisotopic (exact) mass is 169 g/mol. The molecule has 1 aliphatic carbocycles. The van der Waals surface area contributed by atoms with Gasteiger partial charge >= 0.3 is 0 Å². The molecule has 0 saturated carbocycles. The van der Waals surface area contributed by atoms with Crippen molar-refractivity contribution in [2.24, 2.45) is 11.8 Å². The van der Waals surface area contributed by atoms with Gasteiger partial charge in [0.2, 0.25) is 0 Å². The fourth-order valence-electron chi connectivity index (χ4n) is 2.16. The first-order valence-corrected chi connectivity index (χ1v) is 4.95. The summed E-state index contributed by atoms with van der Waals surface area (Å²) in [5.74, 6) is 1.70. The van der Waals surface area contributed by atoms with Crippen LogP contribution in [0, 0.1) is 11.8 Å². The molecule has 11 heavy (non-hydrogen) atoms. The van der Waals surface area contributed by atoms with Crippen LogP contribution in [0.1, 0.15) is 12.8 Å². The van der Waals surface area contributed by atoms with Gasteiger partial charge in [-0.2, -0.15) is 12.6 Å². The number of thiol groups is 1. The molecule has 0 aromatic carbocycles. The van der Waals surface area contributed by atoms with Crippen molar-refractivity contribution in [3.05, 3.63) is 12.2 Å². The SMILES string of the molecule is SC1C=CCC2CCNCC12. The number of hydrogen-bond donors (Lipinski definition) is 2. The normalized spacial score (nSPS) is 43.5. The maximum Gasteiger partial charge on any atom is 0.0239 e. The molecule has 0 amide bonds. The van der Waals surface area contributed by atoms with Crippen molar-refractivity contribution < 1.29 is 0 Å². The van der Waals surface area contributed by atoms with Gasteiger partial charge in [-0.25, -0.2) is 0 Å². The minimum Gasteiger partial charge on any atom is -0.316 e. The lowest BCUT2D eigenvalue weighted by molar-refractivity contribution is 0.254. The second-order valence-corrected chi connectivity index (χ2v) is 4.17. The van der Waals surface area contributed by atoms with Gasteiger partial charge in [-0.1, -0.05) is 12.2 Å². The van der Waals surface area contributed by atoms with Crippen LogP contribution >= 0.6 is 12.6 Å². The van der Waals surface area contributed by atoms with E-state index >= 15 is 0 Å². The zero-order valence-corrected chi connectivity index (χ0v) is 7.56. The van der Waals surface area contributed by atoms with Crippen LogP contribution in [0.4, 0.5) is 0 Å². The molecule has 0 aromatic rings. The molecule has 62 valence electrons. The second-order valence-electron chi connectivity index (χ2n) is 3.57. The van der Waals surface area contributed by atoms with Crippen molar-refractivity contribution in [3.63, 3.8) is 0 Å². The van der Waals surface area contributed by atoms with Gasteiger partial charge < -0.3 is 5.32 Å². The molecule has 0 radical (unpaired) electrons. The minimum atomic E-state index is 0.501. The number of rotatable bonds is 0. The third-order valence-electron chi connectivity index (χ3n) is 2.89. The van der Waals surface area contributed by atoms with Crippen LogP contribution in [0.5, 0.6) is 0 Å². The van der Waals surface area contributed by atoms with Gasteiger partial charge in [0.25, 0.3) is 0 Å². The van der Waals surface area contributed by atoms with E-state index in [2.05, 4.69) is 30.1 Å². The summed E-state index contributed by atoms with van der Waals surface area (Å²) in [5, 5.41) is 3.93. The fourth-order valence-corrected chi connectivity index (χ4v) is 2.64. The van der Waals surface area contributed by atoms with E-state index in [0.717, 1.165) is 11.8 Å². The first-order chi connectivity index (χ1) is 5.38. The van der Waals surface area contributed by atoms with Crippen molar-refractivity contribution >= 4 is 12.6 Å². The summed E-state index contributed by atoms with van der Waals surface area (Å²) >= 11 is 4.56. The topological polar surface area (TPSA) is 12.0 Å². The van der Waals surface area contributed by atoms with E-state index in [9.17, 15) is 0 Å². The lowest BCUT2D eigenvalue weighted by Gasteiger charge is -2.36. The molecule has 1 saturated heterocycles. The highest BCUT2D eigenvalue weighted by molar-refractivity contribution is 7.81. The zero-order chi connectivity index (χ0) is 7.68. The van der Waals surface area contributed by atoms with Crippen molar-refractivity contribution in [1.29, 1.82) is 0 Å². The summed E-state index contributed by atoms with van der Waals surface area (Å²) in [5.41, 5.74) is 0. The van der Waals surface area contributed by atoms with Gasteiger partial charge in [0.1, 0.15) is 0 Å². The highest BCUT2D eigenvalue weighted by Gasteiger charge is 2.30. The van der Waals surface area contributed by atoms with E-state index in [1.165, 1.54) is 25.9 Å². The van der Waals surface area contributed by atoms with Crippen molar-refractivity contribution in [3.8, 4) is 0 Å². The van der Waals surface area contributed by atoms with E-state index in [0.29, 0.717) is 5.25 Å². The lowest BCUT2D eigenvalue weighted by Crippen LogP contribution is -2.41. The molecule has 3 atom stereocenters. The van der Waals surface area contributed by atoms with Crippen LogP contribution in [0.2, 0.25) is 0 Å². The molecule has 1 fully saturated rings. The lowest BCUT2D eigenvalue weighted by atomic mass is 9.78. The largest absolute Gasteiger partial charge is 0.316 e. The van der Waals surface area contributed by atoms with Crippen LogP contribution < -0.4 is 5.32 Å². The van der Waals surface area contributed by atoms with Crippen LogP contribution in [0.3, 0.4) is 0 Å². The van der Waals surface area contributed by atoms with Gasteiger partial charge in [0.15, 0.2) is 0 Å². The van der Waals surface area contributed by atoms with E-state index < -0.39 is 0 Å². The van der Waals surface area contributed by atoms with Crippen molar-refractivity contribution in [2.75, 3.05) is 13.1 Å². The van der Waals surface area contributed by atoms with Crippen LogP contribution in [0.15, 0.2) is 12.2 Å². The smallest absolute Gasteiger partial charge is 0.0239 e. The van der Waals surface area contributed by atoms with Gasteiger partial charge in [-0.05, 0) is 37.8 Å². The molecule has 1 heterocycles. The molecule has 1 N–H and O–H groups in total. The highest BCUT2D eigenvalue weighted by Crippen LogP contribution is 2.32. The Labute approximate surface area is 73.7 Å². The zero-order valence-electron chi connectivity index (χ0n) is 6.66. The first-order valence-electron chi connectivity index (χ1n) is 4.43. The van der Waals surface area contributed by atoms with Crippen LogP contribution in [-0.2, 0) is 0 Å². The van der Waals surface area contributed by atoms with E-state index in [-0.39, 0.29) is 0 Å². The molecular formula is C9H15NS. The standard InChI is InChI=1S/C9H15NS/c11-9-3-1-2-7-4-5-10-6-8(7)9/h1,3,7-11H,2,4-6H2. The quantitative estimate of drug-likeness (QED) is 0.413. The summed E-state index contributed by atoms with van der Waals surface area (Å²) < 4.78 is 0. The molecule has 0 aromatic heterocycles. The molecule has 0 spiro atoms. The Hall–Kier alpha value is 0.0500. The van der Waals surface area contributed by atoms with E-state index in [4.69, 9.17) is 0 Å². The second kappa shape index (κ2) is 3.20. The highest BCUT2D eigenvalue weighted by atomic mass is 32.1. The van der Waals surface area contributed by atoms with Gasteiger partial charge in [-0.3, -0.25) is 0 Å². The third kappa shape index (κ3) is 1.47. The molecule has 2 aliphatic rings. The molecule has 3 unspecified atom stereocenters. The average molecular weight is 169 g/mol. The minimum absolute atomic E-state index is 0.501. The summed E-state index contributed by atoms with van der Waals surface area (Å²) in [6, 6.07) is 0. The Balaban J connectivity index is 2.08. The molecule has 2 rings (SSSR count). The van der Waals surface area contributed by atoms with Gasteiger partial charge in [0.05, 0.1) is 0 Å². The molecule has 1 aliphatic heterocycles. The van der Waals surface area contributed by atoms with Crippen LogP contribution in [0.25, 0.3) is 0 Å². The fraction of sp³-hybridized carbons (Fsp3) is 0.778. The summed E-state index contributed by atoms with van der Waals surface area (Å²) in [4.78, 5) is 0. The van der Waals surface area contributed by atoms with E-state index in [1.54, 1.807) is 0 Å². The number of nitrogens with one attached hydrogen (secondary N) is 1. The summed E-state index contributed by atoms with van der Waals surface area (Å²) in [6.07, 6.45) is 7.16. The molecular weight excluding hydrogens is 154 g/mol. The Morgan fingerprint density at radius 1 is 1.45 bits per heavy atom. The number of fused-ring (bicyclic) bond motifs is 1. The summed E-state index contributed by atoms with van der Waals surface area (Å²) in [6.45, 7) is 2.37. The molecule has 1 nitrogen and oxygen atoms in total. The first kappa shape index (κ1) is 7.69. The van der Waals surface area contributed by atoms with Crippen molar-refractivity contribution in [2.45, 2.75) is 18.1 Å². The maximum absolute atomic E-state index is 4.56. The number of piperidine rings is 1. The predicted molar refractivity (Wildman–Crippen MR) is 51.0 cm³/mol. The number of hydrogen-bond acceptors (Lipinski definition) is 2. The maximum atomic E-state index is 4.56. The Morgan fingerprint density at radius 3 is 3.18 bits per heavy atom. The Morgan fingerprint density at radius 2 is 2.36 bits per heavy atom. The van der Waals surface area contributed by atoms with E-state index in [1.807, 2.05) is 0 Å². The van der Waals surface area contributed by atoms with Crippen molar-refractivity contribution in [1.82, 2.24) is 5.32 Å². The molecule has 0 bridgehead atoms. The Bertz CT molecular complexity index is 167. The van der Waals surface area contributed by atoms with Gasteiger partial charge in [-0.15, -0.1) is 0 Å². The van der Waals surface area contributed by atoms with Crippen LogP contribution in [-0.4, -0.2) is 18.3 Å². The number of allylic oxidation sites excluding steroid dienone is 1. The predicted octanol–water partition coefficient (Wildman–Crippen LogP) is 1.47.